The van der Waals surface area contributed by atoms with Crippen molar-refractivity contribution in [1.82, 2.24) is 5.32 Å². The molecule has 0 aromatic heterocycles. The second kappa shape index (κ2) is 7.83. The molecule has 2 aromatic rings. The first-order valence-electron chi connectivity index (χ1n) is 9.20. The highest BCUT2D eigenvalue weighted by atomic mass is 28.4. The lowest BCUT2D eigenvalue weighted by molar-refractivity contribution is 0.0206. The van der Waals surface area contributed by atoms with Gasteiger partial charge in [0.05, 0.1) is 12.7 Å². The van der Waals surface area contributed by atoms with Crippen LogP contribution in [0.5, 0.6) is 0 Å². The quantitative estimate of drug-likeness (QED) is 0.781. The van der Waals surface area contributed by atoms with Crippen LogP contribution in [0.2, 0.25) is 5.04 Å². The number of rotatable bonds is 6. The molecule has 0 radical (unpaired) electrons. The largest absolute Gasteiger partial charge is 0.424 e. The van der Waals surface area contributed by atoms with E-state index in [0.29, 0.717) is 0 Å². The summed E-state index contributed by atoms with van der Waals surface area (Å²) in [6.45, 7) is 7.06. The fourth-order valence-corrected chi connectivity index (χ4v) is 7.57. The highest BCUT2D eigenvalue weighted by Gasteiger charge is 2.49. The Hall–Kier alpha value is -1.46. The molecular weight excluding hydrogens is 326 g/mol. The van der Waals surface area contributed by atoms with E-state index >= 15 is 0 Å². The van der Waals surface area contributed by atoms with Crippen LogP contribution in [0, 0.1) is 0 Å². The standard InChI is InChI=1S/C21H29NO2Si/c1-21(2,14-13-18-17-22-15-16-24-18)25(23,19-9-5-3-6-10-19)20-11-7-4-8-12-20/h3-12,18,22-23H,13-17H2,1-2H3/t18-/m1/s1. The topological polar surface area (TPSA) is 41.5 Å². The van der Waals surface area contributed by atoms with Gasteiger partial charge in [0.25, 0.3) is 8.32 Å². The molecule has 2 N–H and O–H groups in total. The Balaban J connectivity index is 1.90. The predicted octanol–water partition coefficient (Wildman–Crippen LogP) is 2.29. The van der Waals surface area contributed by atoms with Gasteiger partial charge in [0.15, 0.2) is 0 Å². The van der Waals surface area contributed by atoms with Gasteiger partial charge < -0.3 is 14.8 Å². The van der Waals surface area contributed by atoms with Gasteiger partial charge in [0, 0.05) is 13.1 Å². The number of hydrogen-bond acceptors (Lipinski definition) is 3. The lowest BCUT2D eigenvalue weighted by Gasteiger charge is -2.42. The molecule has 0 bridgehead atoms. The summed E-state index contributed by atoms with van der Waals surface area (Å²) < 4.78 is 5.87. The van der Waals surface area contributed by atoms with Crippen LogP contribution in [0.3, 0.4) is 0 Å². The number of morpholine rings is 1. The van der Waals surface area contributed by atoms with Crippen LogP contribution in [-0.2, 0) is 4.74 Å². The van der Waals surface area contributed by atoms with E-state index in [4.69, 9.17) is 4.74 Å². The number of ether oxygens (including phenoxy) is 1. The average molecular weight is 356 g/mol. The van der Waals surface area contributed by atoms with E-state index in [0.717, 1.165) is 42.9 Å². The van der Waals surface area contributed by atoms with Gasteiger partial charge in [-0.25, -0.2) is 0 Å². The summed E-state index contributed by atoms with van der Waals surface area (Å²) in [5.41, 5.74) is 0. The molecule has 3 rings (SSSR count). The van der Waals surface area contributed by atoms with Crippen LogP contribution in [0.15, 0.2) is 60.7 Å². The molecule has 134 valence electrons. The second-order valence-electron chi connectivity index (χ2n) is 7.56. The van der Waals surface area contributed by atoms with Crippen LogP contribution in [0.25, 0.3) is 0 Å². The monoisotopic (exact) mass is 355 g/mol. The first kappa shape index (κ1) is 18.3. The normalized spacial score (nSPS) is 18.9. The van der Waals surface area contributed by atoms with Gasteiger partial charge in [-0.05, 0) is 28.3 Å². The predicted molar refractivity (Wildman–Crippen MR) is 106 cm³/mol. The van der Waals surface area contributed by atoms with Gasteiger partial charge in [0.1, 0.15) is 0 Å². The zero-order chi connectivity index (χ0) is 17.8. The van der Waals surface area contributed by atoms with Crippen molar-refractivity contribution in [1.29, 1.82) is 0 Å². The highest BCUT2D eigenvalue weighted by Crippen LogP contribution is 2.40. The van der Waals surface area contributed by atoms with Gasteiger partial charge in [-0.15, -0.1) is 0 Å². The molecule has 1 atom stereocenters. The summed E-state index contributed by atoms with van der Waals surface area (Å²) >= 11 is 0. The van der Waals surface area contributed by atoms with E-state index < -0.39 is 8.32 Å². The fraction of sp³-hybridized carbons (Fsp3) is 0.429. The summed E-state index contributed by atoms with van der Waals surface area (Å²) in [6.07, 6.45) is 2.15. The Morgan fingerprint density at radius 3 is 2.08 bits per heavy atom. The van der Waals surface area contributed by atoms with Crippen molar-refractivity contribution < 1.29 is 9.53 Å². The van der Waals surface area contributed by atoms with Gasteiger partial charge in [-0.2, -0.15) is 0 Å². The Labute approximate surface area is 152 Å². The molecule has 0 saturated carbocycles. The first-order valence-corrected chi connectivity index (χ1v) is 11.1. The van der Waals surface area contributed by atoms with Crippen molar-refractivity contribution in [3.63, 3.8) is 0 Å². The van der Waals surface area contributed by atoms with Crippen LogP contribution < -0.4 is 15.7 Å². The molecule has 1 saturated heterocycles. The molecule has 1 aliphatic rings. The number of hydrogen-bond donors (Lipinski definition) is 2. The molecule has 2 aromatic carbocycles. The highest BCUT2D eigenvalue weighted by molar-refractivity contribution is 6.98. The SMILES string of the molecule is CC(C)(CC[C@@H]1CNCCO1)[Si](O)(c1ccccc1)c1ccccc1. The molecular formula is C21H29NO2Si. The van der Waals surface area contributed by atoms with Crippen molar-refractivity contribution in [2.45, 2.75) is 37.8 Å². The van der Waals surface area contributed by atoms with Crippen molar-refractivity contribution in [3.05, 3.63) is 60.7 Å². The average Bonchev–Trinajstić information content (AvgIpc) is 2.68. The lowest BCUT2D eigenvalue weighted by Crippen LogP contribution is -2.65. The molecule has 1 heterocycles. The molecule has 0 unspecified atom stereocenters. The maximum atomic E-state index is 12.1. The van der Waals surface area contributed by atoms with Gasteiger partial charge in [-0.3, -0.25) is 0 Å². The number of nitrogens with one attached hydrogen (secondary N) is 1. The van der Waals surface area contributed by atoms with Crippen LogP contribution >= 0.6 is 0 Å². The third kappa shape index (κ3) is 3.87. The summed E-state index contributed by atoms with van der Waals surface area (Å²) in [4.78, 5) is 12.1. The molecule has 1 fully saturated rings. The van der Waals surface area contributed by atoms with Crippen LogP contribution in [0.4, 0.5) is 0 Å². The molecule has 3 nitrogen and oxygen atoms in total. The van der Waals surface area contributed by atoms with Crippen molar-refractivity contribution in [2.75, 3.05) is 19.7 Å². The van der Waals surface area contributed by atoms with Gasteiger partial charge in [0.2, 0.25) is 0 Å². The smallest absolute Gasteiger partial charge is 0.258 e. The Kier molecular flexibility index (Phi) is 5.74. The van der Waals surface area contributed by atoms with Crippen molar-refractivity contribution in [2.24, 2.45) is 0 Å². The Morgan fingerprint density at radius 1 is 1.04 bits per heavy atom. The maximum absolute atomic E-state index is 12.1. The van der Waals surface area contributed by atoms with Crippen LogP contribution in [-0.4, -0.2) is 38.9 Å². The first-order chi connectivity index (χ1) is 12.0. The van der Waals surface area contributed by atoms with Crippen molar-refractivity contribution >= 4 is 18.7 Å². The molecule has 0 amide bonds. The van der Waals surface area contributed by atoms with E-state index in [1.54, 1.807) is 0 Å². The summed E-state index contributed by atoms with van der Waals surface area (Å²) in [6, 6.07) is 20.5. The lowest BCUT2D eigenvalue weighted by atomic mass is 10.0. The van der Waals surface area contributed by atoms with Crippen LogP contribution in [0.1, 0.15) is 26.7 Å². The van der Waals surface area contributed by atoms with E-state index in [1.165, 1.54) is 0 Å². The van der Waals surface area contributed by atoms with E-state index in [1.807, 2.05) is 36.4 Å². The summed E-state index contributed by atoms with van der Waals surface area (Å²) in [5, 5.41) is 5.35. The van der Waals surface area contributed by atoms with Gasteiger partial charge in [-0.1, -0.05) is 74.5 Å². The zero-order valence-electron chi connectivity index (χ0n) is 15.2. The molecule has 0 aliphatic carbocycles. The Morgan fingerprint density at radius 2 is 1.60 bits per heavy atom. The molecule has 25 heavy (non-hydrogen) atoms. The minimum Gasteiger partial charge on any atom is -0.424 e. The second-order valence-corrected chi connectivity index (χ2v) is 11.5. The van der Waals surface area contributed by atoms with Crippen molar-refractivity contribution in [3.8, 4) is 0 Å². The third-order valence-electron chi connectivity index (χ3n) is 5.46. The molecule has 0 spiro atoms. The minimum atomic E-state index is -2.89. The summed E-state index contributed by atoms with van der Waals surface area (Å²) in [5.74, 6) is 0. The van der Waals surface area contributed by atoms with E-state index in [9.17, 15) is 4.80 Å². The minimum absolute atomic E-state index is 0.198. The van der Waals surface area contributed by atoms with E-state index in [-0.39, 0.29) is 11.1 Å². The van der Waals surface area contributed by atoms with E-state index in [2.05, 4.69) is 43.4 Å². The summed E-state index contributed by atoms with van der Waals surface area (Å²) in [7, 11) is -2.89. The Bertz CT molecular complexity index is 615. The zero-order valence-corrected chi connectivity index (χ0v) is 16.2. The molecule has 1 aliphatic heterocycles. The number of benzene rings is 2. The third-order valence-corrected chi connectivity index (χ3v) is 10.0. The maximum Gasteiger partial charge on any atom is 0.258 e. The molecule has 4 heteroatoms. The van der Waals surface area contributed by atoms with Gasteiger partial charge >= 0.3 is 0 Å². The fourth-order valence-electron chi connectivity index (χ4n) is 3.81.